The third-order valence-corrected chi connectivity index (χ3v) is 5.39. The van der Waals surface area contributed by atoms with Gasteiger partial charge in [0.05, 0.1) is 27.3 Å². The van der Waals surface area contributed by atoms with Crippen LogP contribution in [0.2, 0.25) is 0 Å². The summed E-state index contributed by atoms with van der Waals surface area (Å²) in [5, 5.41) is 4.49. The van der Waals surface area contributed by atoms with Crippen molar-refractivity contribution in [2.45, 2.75) is 49.2 Å². The van der Waals surface area contributed by atoms with E-state index in [1.807, 2.05) is 51.1 Å². The van der Waals surface area contributed by atoms with Crippen molar-refractivity contribution in [3.63, 3.8) is 0 Å². The molecule has 0 saturated carbocycles. The molecule has 4 nitrogen and oxygen atoms in total. The predicted molar refractivity (Wildman–Crippen MR) is 109 cm³/mol. The van der Waals surface area contributed by atoms with Crippen molar-refractivity contribution in [3.8, 4) is 5.88 Å². The number of aromatic nitrogens is 2. The van der Waals surface area contributed by atoms with Gasteiger partial charge in [0.1, 0.15) is 0 Å². The van der Waals surface area contributed by atoms with Crippen LogP contribution in [0.15, 0.2) is 64.4 Å². The highest BCUT2D eigenvalue weighted by Gasteiger charge is 2.36. The van der Waals surface area contributed by atoms with Crippen LogP contribution in [0.1, 0.15) is 42.4 Å². The van der Waals surface area contributed by atoms with Gasteiger partial charge in [0.2, 0.25) is 5.88 Å². The number of carbonyl (C=O) groups excluding carboxylic acids is 1. The first-order valence-electron chi connectivity index (χ1n) is 9.20. The molecule has 2 aromatic carbocycles. The molecule has 3 aromatic rings. The Balaban J connectivity index is 2.06. The van der Waals surface area contributed by atoms with Crippen molar-refractivity contribution in [2.75, 3.05) is 0 Å². The molecular weight excluding hydrogens is 413 g/mol. The average molecular weight is 434 g/mol. The van der Waals surface area contributed by atoms with E-state index in [-0.39, 0.29) is 5.88 Å². The fourth-order valence-electron chi connectivity index (χ4n) is 2.81. The van der Waals surface area contributed by atoms with Crippen molar-refractivity contribution in [1.29, 1.82) is 0 Å². The van der Waals surface area contributed by atoms with E-state index < -0.39 is 28.8 Å². The Morgan fingerprint density at radius 3 is 2.20 bits per heavy atom. The van der Waals surface area contributed by atoms with Crippen LogP contribution in [0.4, 0.5) is 13.2 Å². The second-order valence-electron chi connectivity index (χ2n) is 7.65. The molecule has 0 amide bonds. The summed E-state index contributed by atoms with van der Waals surface area (Å²) in [5.41, 5.74) is -1.52. The van der Waals surface area contributed by atoms with Crippen molar-refractivity contribution in [3.05, 3.63) is 71.4 Å². The van der Waals surface area contributed by atoms with Crippen molar-refractivity contribution < 1.29 is 22.7 Å². The molecule has 0 atom stereocenters. The highest BCUT2D eigenvalue weighted by molar-refractivity contribution is 7.99. The maximum absolute atomic E-state index is 13.4. The van der Waals surface area contributed by atoms with Crippen molar-refractivity contribution in [2.24, 2.45) is 0 Å². The van der Waals surface area contributed by atoms with Gasteiger partial charge in [-0.15, -0.1) is 0 Å². The first kappa shape index (κ1) is 22.0. The van der Waals surface area contributed by atoms with E-state index in [2.05, 4.69) is 5.10 Å². The number of benzene rings is 2. The predicted octanol–water partition coefficient (Wildman–Crippen LogP) is 6.34. The Bertz CT molecular complexity index is 1050. The number of carbonyl (C=O) groups is 1. The number of alkyl halides is 3. The number of hydrogen-bond donors (Lipinski definition) is 0. The minimum atomic E-state index is -4.67. The topological polar surface area (TPSA) is 44.1 Å². The summed E-state index contributed by atoms with van der Waals surface area (Å²) in [6.45, 7) is 7.39. The number of rotatable bonds is 4. The molecule has 0 unspecified atom stereocenters. The Labute approximate surface area is 177 Å². The first-order chi connectivity index (χ1) is 14.0. The van der Waals surface area contributed by atoms with Crippen molar-refractivity contribution in [1.82, 2.24) is 9.78 Å². The van der Waals surface area contributed by atoms with Crippen LogP contribution in [0.3, 0.4) is 0 Å². The zero-order valence-corrected chi connectivity index (χ0v) is 17.8. The van der Waals surface area contributed by atoms with Crippen LogP contribution in [0.5, 0.6) is 5.88 Å². The summed E-state index contributed by atoms with van der Waals surface area (Å²) in [6, 6.07) is 14.0. The van der Waals surface area contributed by atoms with Crippen molar-refractivity contribution >= 4 is 17.7 Å². The lowest BCUT2D eigenvalue weighted by Crippen LogP contribution is -2.26. The van der Waals surface area contributed by atoms with E-state index in [0.29, 0.717) is 10.6 Å². The number of aryl methyl sites for hydroxylation is 1. The minimum absolute atomic E-state index is 0.121. The molecule has 0 bridgehead atoms. The zero-order chi connectivity index (χ0) is 22.1. The Hall–Kier alpha value is -2.74. The summed E-state index contributed by atoms with van der Waals surface area (Å²) in [5.74, 6) is -0.959. The monoisotopic (exact) mass is 434 g/mol. The number of nitrogens with zero attached hydrogens (tertiary/aromatic N) is 2. The highest BCUT2D eigenvalue weighted by atomic mass is 32.2. The molecule has 30 heavy (non-hydrogen) atoms. The van der Waals surface area contributed by atoms with E-state index in [1.165, 1.54) is 28.6 Å². The lowest BCUT2D eigenvalue weighted by atomic mass is 10.1. The maximum atomic E-state index is 13.4. The Morgan fingerprint density at radius 1 is 1.00 bits per heavy atom. The summed E-state index contributed by atoms with van der Waals surface area (Å²) in [7, 11) is 0. The third-order valence-electron chi connectivity index (χ3n) is 4.21. The van der Waals surface area contributed by atoms with Gasteiger partial charge in [-0.3, -0.25) is 0 Å². The standard InChI is InChI=1S/C22H21F3N2O2S/c1-14-18(30-15-10-6-5-7-11-15)19(27(26-14)21(2,3)4)29-20(28)16-12-8-9-13-17(16)22(23,24)25/h5-13H,1-4H3. The number of hydrogen-bond acceptors (Lipinski definition) is 4. The fraction of sp³-hybridized carbons (Fsp3) is 0.273. The fourth-order valence-corrected chi connectivity index (χ4v) is 3.74. The van der Waals surface area contributed by atoms with E-state index in [0.717, 1.165) is 17.0 Å². The van der Waals surface area contributed by atoms with Crippen LogP contribution >= 0.6 is 11.8 Å². The Kier molecular flexibility index (Phi) is 5.99. The normalized spacial score (nSPS) is 12.1. The summed E-state index contributed by atoms with van der Waals surface area (Å²) < 4.78 is 47.2. The molecule has 0 fully saturated rings. The second kappa shape index (κ2) is 8.18. The van der Waals surface area contributed by atoms with Crippen LogP contribution in [-0.2, 0) is 11.7 Å². The van der Waals surface area contributed by atoms with Crippen LogP contribution < -0.4 is 4.74 Å². The summed E-state index contributed by atoms with van der Waals surface area (Å²) in [6.07, 6.45) is -4.67. The smallest absolute Gasteiger partial charge is 0.403 e. The minimum Gasteiger partial charge on any atom is -0.403 e. The number of esters is 1. The second-order valence-corrected chi connectivity index (χ2v) is 8.73. The van der Waals surface area contributed by atoms with Gasteiger partial charge in [0, 0.05) is 4.90 Å². The number of halogens is 3. The molecule has 8 heteroatoms. The molecule has 0 aliphatic carbocycles. The Morgan fingerprint density at radius 2 is 1.60 bits per heavy atom. The van der Waals surface area contributed by atoms with E-state index in [4.69, 9.17) is 4.74 Å². The molecule has 0 aliphatic heterocycles. The van der Waals surface area contributed by atoms with Gasteiger partial charge in [-0.25, -0.2) is 9.48 Å². The van der Waals surface area contributed by atoms with E-state index in [1.54, 1.807) is 6.92 Å². The molecule has 0 N–H and O–H groups in total. The largest absolute Gasteiger partial charge is 0.417 e. The highest BCUT2D eigenvalue weighted by Crippen LogP contribution is 2.40. The summed E-state index contributed by atoms with van der Waals surface area (Å²) in [4.78, 5) is 14.3. The lowest BCUT2D eigenvalue weighted by Gasteiger charge is -2.22. The van der Waals surface area contributed by atoms with Gasteiger partial charge in [-0.1, -0.05) is 42.1 Å². The van der Waals surface area contributed by atoms with Gasteiger partial charge in [0.25, 0.3) is 0 Å². The first-order valence-corrected chi connectivity index (χ1v) is 10.0. The van der Waals surface area contributed by atoms with Crippen LogP contribution in [0, 0.1) is 6.92 Å². The average Bonchev–Trinajstić information content (AvgIpc) is 2.98. The van der Waals surface area contributed by atoms with Gasteiger partial charge >= 0.3 is 12.1 Å². The molecule has 1 aromatic heterocycles. The van der Waals surface area contributed by atoms with E-state index in [9.17, 15) is 18.0 Å². The van der Waals surface area contributed by atoms with Crippen LogP contribution in [-0.4, -0.2) is 15.7 Å². The molecule has 1 heterocycles. The lowest BCUT2D eigenvalue weighted by molar-refractivity contribution is -0.138. The molecule has 0 saturated heterocycles. The molecule has 158 valence electrons. The summed E-state index contributed by atoms with van der Waals surface area (Å²) >= 11 is 1.34. The third kappa shape index (κ3) is 4.70. The SMILES string of the molecule is Cc1nn(C(C)(C)C)c(OC(=O)c2ccccc2C(F)(F)F)c1Sc1ccccc1. The maximum Gasteiger partial charge on any atom is 0.417 e. The van der Waals surface area contributed by atoms with Gasteiger partial charge in [-0.05, 0) is 52.0 Å². The van der Waals surface area contributed by atoms with Gasteiger partial charge < -0.3 is 4.74 Å². The molecule has 0 aliphatic rings. The number of ether oxygens (including phenoxy) is 1. The molecule has 0 spiro atoms. The molecule has 0 radical (unpaired) electrons. The van der Waals surface area contributed by atoms with Crippen LogP contribution in [0.25, 0.3) is 0 Å². The zero-order valence-electron chi connectivity index (χ0n) is 16.9. The van der Waals surface area contributed by atoms with E-state index >= 15 is 0 Å². The molecular formula is C22H21F3N2O2S. The van der Waals surface area contributed by atoms with Gasteiger partial charge in [-0.2, -0.15) is 18.3 Å². The van der Waals surface area contributed by atoms with Gasteiger partial charge in [0.15, 0.2) is 0 Å². The molecule has 3 rings (SSSR count). The quantitative estimate of drug-likeness (QED) is 0.450.